The molecule has 0 saturated heterocycles. The Morgan fingerprint density at radius 2 is 1.91 bits per heavy atom. The van der Waals surface area contributed by atoms with Gasteiger partial charge in [-0.05, 0) is 23.7 Å². The topological polar surface area (TPSA) is 0 Å². The molecule has 0 nitrogen and oxygen atoms in total. The maximum Gasteiger partial charge on any atom is 0.0757 e. The molecule has 1 heteroatoms. The second-order valence-electron chi connectivity index (χ2n) is 5.14. The van der Waals surface area contributed by atoms with Crippen molar-refractivity contribution in [1.29, 1.82) is 0 Å². The minimum Gasteiger partial charge on any atom is -0.0627 e. The third kappa shape index (κ3) is 0.678. The molecule has 3 aliphatic rings. The smallest absolute Gasteiger partial charge is 0.0627 e. The van der Waals surface area contributed by atoms with E-state index < -0.39 is 0 Å². The van der Waals surface area contributed by atoms with Crippen LogP contribution in [0.2, 0.25) is 5.31 Å². The fourth-order valence-electron chi connectivity index (χ4n) is 3.18. The molecule has 3 atom stereocenters. The quantitative estimate of drug-likeness (QED) is 0.463. The molecule has 0 aromatic rings. The molecule has 0 aromatic heterocycles. The van der Waals surface area contributed by atoms with E-state index in [0.29, 0.717) is 5.41 Å². The highest BCUT2D eigenvalue weighted by atomic mass is 14.6. The van der Waals surface area contributed by atoms with Gasteiger partial charge in [-0.25, -0.2) is 0 Å². The fourth-order valence-corrected chi connectivity index (χ4v) is 3.18. The predicted octanol–water partition coefficient (Wildman–Crippen LogP) is 2.79. The molecule has 0 heterocycles. The number of hydrogen-bond acceptors (Lipinski definition) is 0. The molecule has 3 fully saturated rings. The van der Waals surface area contributed by atoms with Crippen molar-refractivity contribution in [2.24, 2.45) is 17.3 Å². The minimum absolute atomic E-state index is 0.177. The van der Waals surface area contributed by atoms with Gasteiger partial charge in [0.15, 0.2) is 0 Å². The summed E-state index contributed by atoms with van der Waals surface area (Å²) in [6.45, 7) is 7.00. The summed E-state index contributed by atoms with van der Waals surface area (Å²) in [5.74, 6) is 1.66. The average molecular weight is 148 g/mol. The van der Waals surface area contributed by atoms with Crippen LogP contribution in [0.25, 0.3) is 0 Å². The molecule has 3 unspecified atom stereocenters. The van der Waals surface area contributed by atoms with Gasteiger partial charge in [0.05, 0.1) is 7.85 Å². The van der Waals surface area contributed by atoms with E-state index in [1.165, 1.54) is 19.3 Å². The van der Waals surface area contributed by atoms with Crippen molar-refractivity contribution in [3.05, 3.63) is 0 Å². The molecule has 0 aromatic carbocycles. The Kier molecular flexibility index (Phi) is 1.30. The zero-order valence-electron chi connectivity index (χ0n) is 7.85. The molecule has 11 heavy (non-hydrogen) atoms. The first-order valence-electron chi connectivity index (χ1n) is 4.77. The molecule has 3 rings (SSSR count). The van der Waals surface area contributed by atoms with Crippen LogP contribution >= 0.6 is 0 Å². The van der Waals surface area contributed by atoms with Crippen molar-refractivity contribution in [3.63, 3.8) is 0 Å². The third-order valence-electron chi connectivity index (χ3n) is 4.63. The number of fused-ring (bicyclic) bond motifs is 2. The van der Waals surface area contributed by atoms with Gasteiger partial charge in [0.1, 0.15) is 0 Å². The molecule has 60 valence electrons. The lowest BCUT2D eigenvalue weighted by atomic mass is 9.30. The Hall–Kier alpha value is 0.0649. The molecular formula is C10H17B. The van der Waals surface area contributed by atoms with Crippen molar-refractivity contribution in [2.75, 3.05) is 0 Å². The van der Waals surface area contributed by atoms with Gasteiger partial charge in [-0.1, -0.05) is 38.9 Å². The second-order valence-corrected chi connectivity index (χ2v) is 5.14. The second kappa shape index (κ2) is 1.86. The van der Waals surface area contributed by atoms with Crippen molar-refractivity contribution >= 4 is 7.85 Å². The first kappa shape index (κ1) is 7.70. The van der Waals surface area contributed by atoms with E-state index in [2.05, 4.69) is 20.8 Å². The number of rotatable bonds is 0. The lowest BCUT2D eigenvalue weighted by Crippen LogP contribution is -2.56. The van der Waals surface area contributed by atoms with Crippen LogP contribution in [0.4, 0.5) is 0 Å². The summed E-state index contributed by atoms with van der Waals surface area (Å²) in [5.41, 5.74) is 0.421. The van der Waals surface area contributed by atoms with Crippen LogP contribution in [0.1, 0.15) is 40.0 Å². The van der Waals surface area contributed by atoms with E-state index >= 15 is 0 Å². The maximum absolute atomic E-state index is 6.37. The summed E-state index contributed by atoms with van der Waals surface area (Å²) < 4.78 is 0. The van der Waals surface area contributed by atoms with Crippen molar-refractivity contribution in [2.45, 2.75) is 45.3 Å². The normalized spacial score (nSPS) is 53.4. The van der Waals surface area contributed by atoms with Gasteiger partial charge < -0.3 is 0 Å². The molecule has 3 aliphatic carbocycles. The molecule has 0 amide bonds. The lowest BCUT2D eigenvalue weighted by molar-refractivity contribution is -0.0818. The van der Waals surface area contributed by atoms with Crippen LogP contribution in [-0.2, 0) is 0 Å². The molecular weight excluding hydrogens is 131 g/mol. The van der Waals surface area contributed by atoms with E-state index in [4.69, 9.17) is 7.85 Å². The van der Waals surface area contributed by atoms with E-state index in [1.807, 2.05) is 0 Å². The van der Waals surface area contributed by atoms with Gasteiger partial charge in [0, 0.05) is 0 Å². The first-order chi connectivity index (χ1) is 4.98. The first-order valence-corrected chi connectivity index (χ1v) is 4.77. The summed E-state index contributed by atoms with van der Waals surface area (Å²) in [4.78, 5) is 0. The largest absolute Gasteiger partial charge is 0.0757 e. The highest BCUT2D eigenvalue weighted by molar-refractivity contribution is 6.17. The Morgan fingerprint density at radius 1 is 1.27 bits per heavy atom. The zero-order chi connectivity index (χ0) is 8.28. The van der Waals surface area contributed by atoms with Crippen LogP contribution in [0, 0.1) is 17.3 Å². The Balaban J connectivity index is 2.28. The monoisotopic (exact) mass is 148 g/mol. The molecule has 0 aliphatic heterocycles. The van der Waals surface area contributed by atoms with Gasteiger partial charge >= 0.3 is 0 Å². The predicted molar refractivity (Wildman–Crippen MR) is 48.7 cm³/mol. The van der Waals surface area contributed by atoms with Crippen LogP contribution in [-0.4, -0.2) is 7.85 Å². The number of hydrogen-bond donors (Lipinski definition) is 0. The van der Waals surface area contributed by atoms with E-state index in [0.717, 1.165) is 11.8 Å². The van der Waals surface area contributed by atoms with Crippen LogP contribution in [0.3, 0.4) is 0 Å². The average Bonchev–Trinajstić information content (AvgIpc) is 1.94. The van der Waals surface area contributed by atoms with E-state index in [1.54, 1.807) is 0 Å². The summed E-state index contributed by atoms with van der Waals surface area (Å²) in [6.07, 6.45) is 4.04. The van der Waals surface area contributed by atoms with Crippen molar-refractivity contribution < 1.29 is 0 Å². The lowest BCUT2D eigenvalue weighted by Gasteiger charge is -2.68. The van der Waals surface area contributed by atoms with Crippen LogP contribution in [0.15, 0.2) is 0 Å². The summed E-state index contributed by atoms with van der Waals surface area (Å²) in [7, 11) is 6.37. The Bertz CT molecular complexity index is 185. The van der Waals surface area contributed by atoms with Gasteiger partial charge in [-0.3, -0.25) is 0 Å². The Labute approximate surface area is 71.2 Å². The van der Waals surface area contributed by atoms with Crippen LogP contribution < -0.4 is 0 Å². The van der Waals surface area contributed by atoms with E-state index in [-0.39, 0.29) is 5.31 Å². The van der Waals surface area contributed by atoms with Crippen molar-refractivity contribution in [3.8, 4) is 0 Å². The molecule has 2 radical (unpaired) electrons. The SMILES string of the molecule is [B]C12CC(CCC1C)C2(C)C. The van der Waals surface area contributed by atoms with E-state index in [9.17, 15) is 0 Å². The van der Waals surface area contributed by atoms with Gasteiger partial charge in [0.25, 0.3) is 0 Å². The van der Waals surface area contributed by atoms with Crippen molar-refractivity contribution in [1.82, 2.24) is 0 Å². The Morgan fingerprint density at radius 3 is 2.27 bits per heavy atom. The highest BCUT2D eigenvalue weighted by Crippen LogP contribution is 2.72. The molecule has 0 spiro atoms. The highest BCUT2D eigenvalue weighted by Gasteiger charge is 2.60. The van der Waals surface area contributed by atoms with Gasteiger partial charge in [0.2, 0.25) is 0 Å². The molecule has 0 N–H and O–H groups in total. The minimum atomic E-state index is 0.177. The van der Waals surface area contributed by atoms with Crippen LogP contribution in [0.5, 0.6) is 0 Å². The van der Waals surface area contributed by atoms with Gasteiger partial charge in [-0.2, -0.15) is 0 Å². The fraction of sp³-hybridized carbons (Fsp3) is 1.00. The third-order valence-corrected chi connectivity index (χ3v) is 4.63. The maximum atomic E-state index is 6.37. The zero-order valence-corrected chi connectivity index (χ0v) is 7.85. The summed E-state index contributed by atoms with van der Waals surface area (Å²) in [5, 5.41) is 0.177. The summed E-state index contributed by atoms with van der Waals surface area (Å²) in [6, 6.07) is 0. The molecule has 3 saturated carbocycles. The standard InChI is InChI=1S/C10H17B/c1-7-4-5-8-6-10(7,11)9(8,2)3/h7-8H,4-6H2,1-3H3. The summed E-state index contributed by atoms with van der Waals surface area (Å²) >= 11 is 0. The molecule has 2 bridgehead atoms. The van der Waals surface area contributed by atoms with Gasteiger partial charge in [-0.15, -0.1) is 0 Å².